The first-order valence-corrected chi connectivity index (χ1v) is 15.0. The minimum atomic E-state index is -0.925. The van der Waals surface area contributed by atoms with Crippen LogP contribution in [0.5, 0.6) is 0 Å². The number of rotatable bonds is 9. The van der Waals surface area contributed by atoms with Gasteiger partial charge in [0.1, 0.15) is 17.3 Å². The number of hydrogen-bond acceptors (Lipinski definition) is 3. The fourth-order valence-electron chi connectivity index (χ4n) is 5.79. The van der Waals surface area contributed by atoms with Crippen LogP contribution in [0.1, 0.15) is 33.4 Å². The smallest absolute Gasteiger partial charge is 0.145 e. The summed E-state index contributed by atoms with van der Waals surface area (Å²) >= 11 is 0. The average molecular weight is 577 g/mol. The lowest BCUT2D eigenvalue weighted by Gasteiger charge is -2.46. The van der Waals surface area contributed by atoms with Crippen LogP contribution in [0.25, 0.3) is 0 Å². The van der Waals surface area contributed by atoms with Crippen molar-refractivity contribution in [2.75, 3.05) is 13.2 Å². The van der Waals surface area contributed by atoms with Gasteiger partial charge in [0.05, 0.1) is 13.2 Å². The summed E-state index contributed by atoms with van der Waals surface area (Å²) in [6.07, 6.45) is 0.190. The molecule has 0 spiro atoms. The minimum Gasteiger partial charge on any atom is -0.394 e. The van der Waals surface area contributed by atoms with Crippen molar-refractivity contribution in [3.8, 4) is 0 Å². The van der Waals surface area contributed by atoms with Crippen LogP contribution in [0.15, 0.2) is 182 Å². The number of aliphatic hydroxyl groups excluding tert-OH is 1. The van der Waals surface area contributed by atoms with E-state index in [9.17, 15) is 0 Å². The highest BCUT2D eigenvalue weighted by atomic mass is 16.6. The van der Waals surface area contributed by atoms with Crippen LogP contribution in [0.2, 0.25) is 0 Å². The second kappa shape index (κ2) is 13.7. The summed E-state index contributed by atoms with van der Waals surface area (Å²) < 4.78 is 12.5. The van der Waals surface area contributed by atoms with Gasteiger partial charge >= 0.3 is 0 Å². The molecule has 1 saturated heterocycles. The normalized spacial score (nSPS) is 14.2. The van der Waals surface area contributed by atoms with Crippen molar-refractivity contribution in [3.63, 3.8) is 0 Å². The van der Waals surface area contributed by atoms with Crippen molar-refractivity contribution in [2.45, 2.75) is 17.3 Å². The second-order valence-electron chi connectivity index (χ2n) is 10.8. The molecule has 0 aromatic heterocycles. The first-order chi connectivity index (χ1) is 21.8. The lowest BCUT2D eigenvalue weighted by atomic mass is 9.75. The molecule has 6 aromatic carbocycles. The van der Waals surface area contributed by atoms with Gasteiger partial charge in [0, 0.05) is 0 Å². The number of ether oxygens (including phenoxy) is 2. The number of aliphatic hydroxyl groups is 1. The summed E-state index contributed by atoms with van der Waals surface area (Å²) in [7, 11) is 0. The monoisotopic (exact) mass is 576 g/mol. The summed E-state index contributed by atoms with van der Waals surface area (Å²) in [5.41, 5.74) is 4.54. The van der Waals surface area contributed by atoms with Crippen molar-refractivity contribution in [1.82, 2.24) is 0 Å². The Morgan fingerprint density at radius 1 is 0.432 bits per heavy atom. The van der Waals surface area contributed by atoms with Crippen LogP contribution in [0.3, 0.4) is 0 Å². The van der Waals surface area contributed by atoms with Gasteiger partial charge in [-0.15, -0.1) is 0 Å². The van der Waals surface area contributed by atoms with Gasteiger partial charge in [-0.25, -0.2) is 0 Å². The van der Waals surface area contributed by atoms with Crippen LogP contribution in [-0.2, 0) is 20.7 Å². The number of hydrogen-bond donors (Lipinski definition) is 1. The fourth-order valence-corrected chi connectivity index (χ4v) is 5.79. The maximum atomic E-state index is 8.08. The molecule has 1 aliphatic heterocycles. The zero-order chi connectivity index (χ0) is 30.1. The standard InChI is InChI=1S/C38H30O.C3H6O2/c1-7-19-31(20-8-1)37(32-21-9-2-10-22-32,33-23-11-3-12-24-33)39-38(34-25-13-4-14-26-34,35-27-15-5-16-28-35)36-29-17-6-18-30-36;4-1-3-2-5-3/h1-30H;3-4H,1-2H2. The van der Waals surface area contributed by atoms with Crippen LogP contribution in [0, 0.1) is 0 Å². The van der Waals surface area contributed by atoms with Crippen molar-refractivity contribution >= 4 is 0 Å². The zero-order valence-electron chi connectivity index (χ0n) is 24.6. The molecule has 6 aromatic rings. The zero-order valence-corrected chi connectivity index (χ0v) is 24.6. The van der Waals surface area contributed by atoms with Crippen LogP contribution < -0.4 is 0 Å². The maximum absolute atomic E-state index is 8.08. The van der Waals surface area contributed by atoms with Crippen molar-refractivity contribution in [1.29, 1.82) is 0 Å². The summed E-state index contributed by atoms with van der Waals surface area (Å²) in [5.74, 6) is 0. The van der Waals surface area contributed by atoms with Gasteiger partial charge in [-0.3, -0.25) is 0 Å². The van der Waals surface area contributed by atoms with E-state index >= 15 is 0 Å². The molecule has 1 aliphatic rings. The maximum Gasteiger partial charge on any atom is 0.145 e. The Hall–Kier alpha value is -4.80. The van der Waals surface area contributed by atoms with Gasteiger partial charge in [-0.2, -0.15) is 0 Å². The highest BCUT2D eigenvalue weighted by Crippen LogP contribution is 2.51. The molecule has 0 radical (unpaired) electrons. The van der Waals surface area contributed by atoms with E-state index in [-0.39, 0.29) is 12.7 Å². The van der Waals surface area contributed by atoms with E-state index < -0.39 is 11.2 Å². The SMILES string of the molecule is OCC1CO1.c1ccc(C(OC(c2ccccc2)(c2ccccc2)c2ccccc2)(c2ccccc2)c2ccccc2)cc1. The van der Waals surface area contributed by atoms with Crippen LogP contribution in [0.4, 0.5) is 0 Å². The topological polar surface area (TPSA) is 42.0 Å². The van der Waals surface area contributed by atoms with Crippen molar-refractivity contribution in [3.05, 3.63) is 215 Å². The molecule has 1 atom stereocenters. The Bertz CT molecular complexity index is 1370. The third-order valence-corrected chi connectivity index (χ3v) is 7.99. The molecular formula is C41H36O3. The first kappa shape index (κ1) is 29.3. The molecule has 0 aliphatic carbocycles. The van der Waals surface area contributed by atoms with Gasteiger partial charge in [-0.1, -0.05) is 182 Å². The van der Waals surface area contributed by atoms with Gasteiger partial charge in [0.25, 0.3) is 0 Å². The molecule has 0 saturated carbocycles. The molecule has 1 fully saturated rings. The van der Waals surface area contributed by atoms with E-state index in [1.54, 1.807) is 0 Å². The third-order valence-electron chi connectivity index (χ3n) is 7.99. The summed E-state index contributed by atoms with van der Waals surface area (Å²) in [4.78, 5) is 0. The van der Waals surface area contributed by atoms with E-state index in [1.165, 1.54) is 0 Å². The lowest BCUT2D eigenvalue weighted by Crippen LogP contribution is -2.44. The molecule has 0 amide bonds. The van der Waals surface area contributed by atoms with Gasteiger partial charge in [0.15, 0.2) is 0 Å². The van der Waals surface area contributed by atoms with Crippen LogP contribution >= 0.6 is 0 Å². The molecule has 3 nitrogen and oxygen atoms in total. The van der Waals surface area contributed by atoms with E-state index in [1.807, 2.05) is 0 Å². The summed E-state index contributed by atoms with van der Waals surface area (Å²) in [5, 5.41) is 8.08. The summed E-state index contributed by atoms with van der Waals surface area (Å²) in [6, 6.07) is 63.5. The Labute approximate surface area is 260 Å². The molecule has 44 heavy (non-hydrogen) atoms. The molecule has 1 heterocycles. The van der Waals surface area contributed by atoms with E-state index in [2.05, 4.69) is 187 Å². The quantitative estimate of drug-likeness (QED) is 0.139. The third kappa shape index (κ3) is 5.99. The predicted molar refractivity (Wildman–Crippen MR) is 176 cm³/mol. The Morgan fingerprint density at radius 3 is 0.773 bits per heavy atom. The van der Waals surface area contributed by atoms with Gasteiger partial charge in [-0.05, 0) is 33.4 Å². The highest BCUT2D eigenvalue weighted by molar-refractivity contribution is 5.52. The van der Waals surface area contributed by atoms with E-state index in [4.69, 9.17) is 9.84 Å². The van der Waals surface area contributed by atoms with E-state index in [0.717, 1.165) is 40.0 Å². The van der Waals surface area contributed by atoms with Crippen molar-refractivity contribution in [2.24, 2.45) is 0 Å². The minimum absolute atomic E-state index is 0.190. The van der Waals surface area contributed by atoms with Gasteiger partial charge < -0.3 is 14.6 Å². The molecule has 218 valence electrons. The Morgan fingerprint density at radius 2 is 0.636 bits per heavy atom. The Kier molecular flexibility index (Phi) is 9.09. The molecule has 1 N–H and O–H groups in total. The molecule has 7 rings (SSSR count). The largest absolute Gasteiger partial charge is 0.394 e. The molecule has 3 heteroatoms. The number of epoxide rings is 1. The van der Waals surface area contributed by atoms with Gasteiger partial charge in [0.2, 0.25) is 0 Å². The first-order valence-electron chi connectivity index (χ1n) is 15.0. The molecule has 0 bridgehead atoms. The van der Waals surface area contributed by atoms with Crippen molar-refractivity contribution < 1.29 is 14.6 Å². The van der Waals surface area contributed by atoms with Crippen LogP contribution in [-0.4, -0.2) is 24.4 Å². The number of benzene rings is 6. The fraction of sp³-hybridized carbons (Fsp3) is 0.122. The molecule has 1 unspecified atom stereocenters. The predicted octanol–water partition coefficient (Wildman–Crippen LogP) is 8.36. The highest BCUT2D eigenvalue weighted by Gasteiger charge is 2.48. The second-order valence-corrected chi connectivity index (χ2v) is 10.8. The Balaban J connectivity index is 0.000000625. The molecular weight excluding hydrogens is 540 g/mol. The van der Waals surface area contributed by atoms with E-state index in [0.29, 0.717) is 0 Å². The summed E-state index contributed by atoms with van der Waals surface area (Å²) in [6.45, 7) is 0.955. The average Bonchev–Trinajstić information content (AvgIpc) is 3.97. The lowest BCUT2D eigenvalue weighted by molar-refractivity contribution is -0.0810.